The number of hydrogen-bond acceptors (Lipinski definition) is 4. The van der Waals surface area contributed by atoms with Gasteiger partial charge in [-0.25, -0.2) is 9.97 Å². The summed E-state index contributed by atoms with van der Waals surface area (Å²) in [6, 6.07) is 7.91. The summed E-state index contributed by atoms with van der Waals surface area (Å²) in [5.74, 6) is 0.619. The first-order valence-corrected chi connectivity index (χ1v) is 8.33. The molecule has 25 heavy (non-hydrogen) atoms. The third-order valence-corrected chi connectivity index (χ3v) is 4.28. The number of aromatic nitrogens is 2. The van der Waals surface area contributed by atoms with Gasteiger partial charge >= 0.3 is 6.18 Å². The quantitative estimate of drug-likeness (QED) is 0.813. The number of anilines is 1. The standard InChI is InChI=1S/C18H20F3N3O/c1-25-15-9-5-4-8-13(15)14-12-16(18(19,20)21)23-17(22-14)24-10-6-2-3-7-11-24/h4-5,8-9,12H,2-3,6-7,10-11H2,1H3. The van der Waals surface area contributed by atoms with Gasteiger partial charge in [-0.2, -0.15) is 13.2 Å². The molecule has 0 atom stereocenters. The second-order valence-electron chi connectivity index (χ2n) is 6.04. The Morgan fingerprint density at radius 2 is 1.68 bits per heavy atom. The van der Waals surface area contributed by atoms with Crippen LogP contribution in [0.25, 0.3) is 11.3 Å². The molecule has 1 aromatic heterocycles. The van der Waals surface area contributed by atoms with E-state index in [0.717, 1.165) is 31.7 Å². The Bertz CT molecular complexity index is 726. The average Bonchev–Trinajstić information content (AvgIpc) is 2.90. The molecule has 1 aliphatic heterocycles. The van der Waals surface area contributed by atoms with Crippen molar-refractivity contribution in [1.29, 1.82) is 0 Å². The Morgan fingerprint density at radius 1 is 1.00 bits per heavy atom. The molecule has 1 fully saturated rings. The minimum atomic E-state index is -4.53. The van der Waals surface area contributed by atoms with Gasteiger partial charge in [-0.05, 0) is 31.0 Å². The monoisotopic (exact) mass is 351 g/mol. The van der Waals surface area contributed by atoms with Gasteiger partial charge in [0, 0.05) is 18.7 Å². The number of para-hydroxylation sites is 1. The first-order chi connectivity index (χ1) is 12.0. The van der Waals surface area contributed by atoms with Crippen LogP contribution in [-0.2, 0) is 6.18 Å². The van der Waals surface area contributed by atoms with Crippen LogP contribution in [0.4, 0.5) is 19.1 Å². The van der Waals surface area contributed by atoms with E-state index in [1.807, 2.05) is 4.90 Å². The first kappa shape index (κ1) is 17.5. The van der Waals surface area contributed by atoms with Crippen LogP contribution < -0.4 is 9.64 Å². The van der Waals surface area contributed by atoms with Crippen LogP contribution in [0.5, 0.6) is 5.75 Å². The molecular weight excluding hydrogens is 331 g/mol. The van der Waals surface area contributed by atoms with Crippen molar-refractivity contribution in [3.8, 4) is 17.0 Å². The van der Waals surface area contributed by atoms with Crippen molar-refractivity contribution in [2.45, 2.75) is 31.9 Å². The Labute approximate surface area is 144 Å². The van der Waals surface area contributed by atoms with Crippen molar-refractivity contribution in [2.75, 3.05) is 25.1 Å². The fraction of sp³-hybridized carbons (Fsp3) is 0.444. The molecule has 2 aromatic rings. The zero-order valence-corrected chi connectivity index (χ0v) is 14.0. The van der Waals surface area contributed by atoms with Crippen LogP contribution in [0.15, 0.2) is 30.3 Å². The Balaban J connectivity index is 2.10. The van der Waals surface area contributed by atoms with Gasteiger partial charge in [0.2, 0.25) is 5.95 Å². The molecular formula is C18H20F3N3O. The molecule has 1 saturated heterocycles. The van der Waals surface area contributed by atoms with Gasteiger partial charge in [-0.15, -0.1) is 0 Å². The summed E-state index contributed by atoms with van der Waals surface area (Å²) in [5.41, 5.74) is -0.185. The number of benzene rings is 1. The summed E-state index contributed by atoms with van der Waals surface area (Å²) in [6.45, 7) is 1.35. The van der Waals surface area contributed by atoms with Gasteiger partial charge in [0.25, 0.3) is 0 Å². The van der Waals surface area contributed by atoms with Gasteiger partial charge < -0.3 is 9.64 Å². The highest BCUT2D eigenvalue weighted by Crippen LogP contribution is 2.35. The smallest absolute Gasteiger partial charge is 0.433 e. The molecule has 7 heteroatoms. The maximum atomic E-state index is 13.4. The van der Waals surface area contributed by atoms with Crippen LogP contribution in [0.1, 0.15) is 31.4 Å². The molecule has 3 rings (SSSR count). The van der Waals surface area contributed by atoms with E-state index in [2.05, 4.69) is 9.97 Å². The molecule has 4 nitrogen and oxygen atoms in total. The highest BCUT2D eigenvalue weighted by molar-refractivity contribution is 5.68. The fourth-order valence-electron chi connectivity index (χ4n) is 2.99. The normalized spacial score (nSPS) is 15.8. The summed E-state index contributed by atoms with van der Waals surface area (Å²) in [5, 5.41) is 0. The largest absolute Gasteiger partial charge is 0.496 e. The fourth-order valence-corrected chi connectivity index (χ4v) is 2.99. The lowest BCUT2D eigenvalue weighted by Gasteiger charge is -2.22. The number of rotatable bonds is 3. The summed E-state index contributed by atoms with van der Waals surface area (Å²) < 4.78 is 45.3. The second kappa shape index (κ2) is 7.29. The molecule has 0 saturated carbocycles. The van der Waals surface area contributed by atoms with E-state index in [1.54, 1.807) is 24.3 Å². The van der Waals surface area contributed by atoms with Gasteiger partial charge in [0.05, 0.1) is 12.8 Å². The number of ether oxygens (including phenoxy) is 1. The predicted molar refractivity (Wildman–Crippen MR) is 89.7 cm³/mol. The SMILES string of the molecule is COc1ccccc1-c1cc(C(F)(F)F)nc(N2CCCCCC2)n1. The van der Waals surface area contributed by atoms with Gasteiger partial charge in [0.15, 0.2) is 5.69 Å². The molecule has 0 unspecified atom stereocenters. The lowest BCUT2D eigenvalue weighted by atomic mass is 10.1. The predicted octanol–water partition coefficient (Wildman–Crippen LogP) is 4.55. The molecule has 0 amide bonds. The summed E-state index contributed by atoms with van der Waals surface area (Å²) >= 11 is 0. The first-order valence-electron chi connectivity index (χ1n) is 8.33. The van der Waals surface area contributed by atoms with Crippen LogP contribution in [0, 0.1) is 0 Å². The zero-order chi connectivity index (χ0) is 17.9. The van der Waals surface area contributed by atoms with E-state index >= 15 is 0 Å². The van der Waals surface area contributed by atoms with Crippen molar-refractivity contribution in [2.24, 2.45) is 0 Å². The number of methoxy groups -OCH3 is 1. The van der Waals surface area contributed by atoms with Crippen molar-refractivity contribution < 1.29 is 17.9 Å². The van der Waals surface area contributed by atoms with E-state index < -0.39 is 11.9 Å². The van der Waals surface area contributed by atoms with E-state index in [-0.39, 0.29) is 11.6 Å². The van der Waals surface area contributed by atoms with Crippen LogP contribution >= 0.6 is 0 Å². The Hall–Kier alpha value is -2.31. The average molecular weight is 351 g/mol. The van der Waals surface area contributed by atoms with Gasteiger partial charge in [-0.3, -0.25) is 0 Å². The maximum absolute atomic E-state index is 13.4. The minimum Gasteiger partial charge on any atom is -0.496 e. The Morgan fingerprint density at radius 3 is 2.32 bits per heavy atom. The van der Waals surface area contributed by atoms with Crippen LogP contribution in [0.2, 0.25) is 0 Å². The third-order valence-electron chi connectivity index (χ3n) is 4.28. The van der Waals surface area contributed by atoms with E-state index in [9.17, 15) is 13.2 Å². The van der Waals surface area contributed by atoms with Crippen molar-refractivity contribution in [3.05, 3.63) is 36.0 Å². The van der Waals surface area contributed by atoms with Gasteiger partial charge in [0.1, 0.15) is 5.75 Å². The van der Waals surface area contributed by atoms with Crippen molar-refractivity contribution in [1.82, 2.24) is 9.97 Å². The maximum Gasteiger partial charge on any atom is 0.433 e. The number of hydrogen-bond donors (Lipinski definition) is 0. The summed E-state index contributed by atoms with van der Waals surface area (Å²) in [6.07, 6.45) is -0.503. The minimum absolute atomic E-state index is 0.137. The molecule has 0 radical (unpaired) electrons. The molecule has 0 N–H and O–H groups in total. The Kier molecular flexibility index (Phi) is 5.11. The number of nitrogens with zero attached hydrogens (tertiary/aromatic N) is 3. The van der Waals surface area contributed by atoms with E-state index in [1.165, 1.54) is 7.11 Å². The van der Waals surface area contributed by atoms with Gasteiger partial charge in [-0.1, -0.05) is 25.0 Å². The second-order valence-corrected chi connectivity index (χ2v) is 6.04. The lowest BCUT2D eigenvalue weighted by Crippen LogP contribution is -2.27. The highest BCUT2D eigenvalue weighted by atomic mass is 19.4. The van der Waals surface area contributed by atoms with E-state index in [4.69, 9.17) is 4.74 Å². The molecule has 2 heterocycles. The molecule has 0 spiro atoms. The highest BCUT2D eigenvalue weighted by Gasteiger charge is 2.34. The third kappa shape index (κ3) is 4.03. The lowest BCUT2D eigenvalue weighted by molar-refractivity contribution is -0.141. The molecule has 0 aliphatic carbocycles. The van der Waals surface area contributed by atoms with E-state index in [0.29, 0.717) is 24.4 Å². The van der Waals surface area contributed by atoms with Crippen LogP contribution in [0.3, 0.4) is 0 Å². The summed E-state index contributed by atoms with van der Waals surface area (Å²) in [7, 11) is 1.49. The number of halogens is 3. The van der Waals surface area contributed by atoms with Crippen molar-refractivity contribution in [3.63, 3.8) is 0 Å². The molecule has 1 aromatic carbocycles. The molecule has 1 aliphatic rings. The number of alkyl halides is 3. The summed E-state index contributed by atoms with van der Waals surface area (Å²) in [4.78, 5) is 10.1. The topological polar surface area (TPSA) is 38.2 Å². The van der Waals surface area contributed by atoms with Crippen LogP contribution in [-0.4, -0.2) is 30.2 Å². The van der Waals surface area contributed by atoms with Crippen molar-refractivity contribution >= 4 is 5.95 Å². The molecule has 0 bridgehead atoms. The zero-order valence-electron chi connectivity index (χ0n) is 14.0. The molecule has 134 valence electrons.